The van der Waals surface area contributed by atoms with Crippen LogP contribution in [0.5, 0.6) is 0 Å². The van der Waals surface area contributed by atoms with E-state index in [0.29, 0.717) is 6.54 Å². The second-order valence-corrected chi connectivity index (χ2v) is 6.06. The minimum atomic E-state index is -0.212. The van der Waals surface area contributed by atoms with Crippen LogP contribution in [0.3, 0.4) is 0 Å². The molecule has 0 aromatic heterocycles. The minimum absolute atomic E-state index is 0.0301. The fourth-order valence-electron chi connectivity index (χ4n) is 1.89. The first-order valence-electron chi connectivity index (χ1n) is 7.01. The number of anilines is 1. The number of amides is 2. The van der Waals surface area contributed by atoms with Gasteiger partial charge in [0.25, 0.3) is 0 Å². The van der Waals surface area contributed by atoms with Crippen LogP contribution in [0.4, 0.5) is 5.69 Å². The van der Waals surface area contributed by atoms with Crippen molar-refractivity contribution in [1.82, 2.24) is 4.90 Å². The Morgan fingerprint density at radius 3 is 2.24 bits per heavy atom. The van der Waals surface area contributed by atoms with E-state index in [-0.39, 0.29) is 23.8 Å². The maximum Gasteiger partial charge on any atom is 0.244 e. The lowest BCUT2D eigenvalue weighted by Crippen LogP contribution is -2.36. The number of nitrogens with zero attached hydrogens (tertiary/aromatic N) is 1. The Morgan fingerprint density at radius 2 is 1.81 bits per heavy atom. The van der Waals surface area contributed by atoms with E-state index in [9.17, 15) is 9.59 Å². The van der Waals surface area contributed by atoms with Gasteiger partial charge in [0.1, 0.15) is 6.54 Å². The van der Waals surface area contributed by atoms with Crippen LogP contribution in [0, 0.1) is 0 Å². The smallest absolute Gasteiger partial charge is 0.244 e. The van der Waals surface area contributed by atoms with Gasteiger partial charge in [0, 0.05) is 19.2 Å². The average Bonchev–Trinajstić information content (AvgIpc) is 2.37. The summed E-state index contributed by atoms with van der Waals surface area (Å²) >= 11 is 0. The molecule has 0 spiro atoms. The Balaban J connectivity index is 2.66. The van der Waals surface area contributed by atoms with Gasteiger partial charge in [-0.3, -0.25) is 9.59 Å². The van der Waals surface area contributed by atoms with Crippen molar-refractivity contribution < 1.29 is 9.59 Å². The molecule has 0 heterocycles. The van der Waals surface area contributed by atoms with Crippen LogP contribution in [-0.2, 0) is 15.0 Å². The van der Waals surface area contributed by atoms with Gasteiger partial charge < -0.3 is 10.2 Å². The zero-order chi connectivity index (χ0) is 16.0. The third-order valence-corrected chi connectivity index (χ3v) is 3.16. The molecule has 0 saturated heterocycles. The summed E-state index contributed by atoms with van der Waals surface area (Å²) in [5, 5.41) is 2.80. The molecule has 0 aliphatic heterocycles. The predicted molar refractivity (Wildman–Crippen MR) is 86.2 cm³/mol. The molecule has 2 amide bonds. The molecule has 4 nitrogen and oxygen atoms in total. The summed E-state index contributed by atoms with van der Waals surface area (Å²) in [4.78, 5) is 24.8. The van der Waals surface area contributed by atoms with E-state index >= 15 is 0 Å². The third-order valence-electron chi connectivity index (χ3n) is 3.16. The molecule has 0 fully saturated rings. The summed E-state index contributed by atoms with van der Waals surface area (Å²) in [6.45, 7) is 11.8. The molecule has 0 atom stereocenters. The van der Waals surface area contributed by atoms with Gasteiger partial charge in [-0.05, 0) is 23.1 Å². The number of hydrogen-bond acceptors (Lipinski definition) is 2. The van der Waals surface area contributed by atoms with Gasteiger partial charge in [-0.2, -0.15) is 0 Å². The Morgan fingerprint density at radius 1 is 1.24 bits per heavy atom. The number of carbonyl (C=O) groups excluding carboxylic acids is 2. The Bertz CT molecular complexity index is 513. The highest BCUT2D eigenvalue weighted by Gasteiger charge is 2.14. The van der Waals surface area contributed by atoms with Crippen molar-refractivity contribution in [2.45, 2.75) is 33.1 Å². The van der Waals surface area contributed by atoms with Crippen LogP contribution in [0.1, 0.15) is 33.3 Å². The largest absolute Gasteiger partial charge is 0.330 e. The predicted octanol–water partition coefficient (Wildman–Crippen LogP) is 2.96. The maximum atomic E-state index is 11.9. The van der Waals surface area contributed by atoms with E-state index in [2.05, 4.69) is 32.7 Å². The quantitative estimate of drug-likeness (QED) is 0.847. The van der Waals surface area contributed by atoms with Crippen molar-refractivity contribution in [1.29, 1.82) is 0 Å². The van der Waals surface area contributed by atoms with Crippen LogP contribution >= 0.6 is 0 Å². The number of carbonyl (C=O) groups is 2. The zero-order valence-corrected chi connectivity index (χ0v) is 13.3. The van der Waals surface area contributed by atoms with Gasteiger partial charge >= 0.3 is 0 Å². The molecule has 0 radical (unpaired) electrons. The number of benzene rings is 1. The molecular weight excluding hydrogens is 264 g/mol. The second-order valence-electron chi connectivity index (χ2n) is 6.06. The van der Waals surface area contributed by atoms with E-state index in [1.165, 1.54) is 17.4 Å². The summed E-state index contributed by atoms with van der Waals surface area (Å²) < 4.78 is 0. The van der Waals surface area contributed by atoms with Crippen LogP contribution in [0.15, 0.2) is 36.9 Å². The Kier molecular flexibility index (Phi) is 5.70. The van der Waals surface area contributed by atoms with Crippen molar-refractivity contribution >= 4 is 17.5 Å². The number of nitrogens with one attached hydrogen (secondary N) is 1. The molecule has 21 heavy (non-hydrogen) atoms. The summed E-state index contributed by atoms with van der Waals surface area (Å²) in [7, 11) is 0. The summed E-state index contributed by atoms with van der Waals surface area (Å²) in [5.74, 6) is -0.358. The van der Waals surface area contributed by atoms with E-state index in [1.54, 1.807) is 6.08 Å². The molecule has 0 aliphatic rings. The Hall–Kier alpha value is -2.10. The molecule has 0 aliphatic carbocycles. The SMILES string of the molecule is C=CCN(CC(=O)Nc1ccc(C(C)(C)C)cc1)C(C)=O. The maximum absolute atomic E-state index is 11.9. The summed E-state index contributed by atoms with van der Waals surface area (Å²) in [6, 6.07) is 7.76. The van der Waals surface area contributed by atoms with Crippen molar-refractivity contribution in [2.75, 3.05) is 18.4 Å². The molecule has 1 aromatic rings. The van der Waals surface area contributed by atoms with E-state index in [0.717, 1.165) is 5.69 Å². The summed E-state index contributed by atoms with van der Waals surface area (Å²) in [6.07, 6.45) is 1.60. The normalized spacial score (nSPS) is 10.9. The van der Waals surface area contributed by atoms with Crippen molar-refractivity contribution in [3.63, 3.8) is 0 Å². The van der Waals surface area contributed by atoms with Crippen LogP contribution in [0.2, 0.25) is 0 Å². The molecule has 1 rings (SSSR count). The Labute approximate surface area is 126 Å². The monoisotopic (exact) mass is 288 g/mol. The van der Waals surface area contributed by atoms with Gasteiger partial charge in [0.05, 0.1) is 0 Å². The number of hydrogen-bond donors (Lipinski definition) is 1. The number of rotatable bonds is 5. The lowest BCUT2D eigenvalue weighted by atomic mass is 9.87. The summed E-state index contributed by atoms with van der Waals surface area (Å²) in [5.41, 5.74) is 2.02. The molecule has 0 saturated carbocycles. The standard InChI is InChI=1S/C17H24N2O2/c1-6-11-19(13(2)20)12-16(21)18-15-9-7-14(8-10-15)17(3,4)5/h6-10H,1,11-12H2,2-5H3,(H,18,21). The fraction of sp³-hybridized carbons (Fsp3) is 0.412. The third kappa shape index (κ3) is 5.42. The first-order valence-corrected chi connectivity index (χ1v) is 7.01. The van der Waals surface area contributed by atoms with Crippen LogP contribution in [0.25, 0.3) is 0 Å². The van der Waals surface area contributed by atoms with Gasteiger partial charge in [-0.1, -0.05) is 39.0 Å². The van der Waals surface area contributed by atoms with Crippen molar-refractivity contribution in [2.24, 2.45) is 0 Å². The van der Waals surface area contributed by atoms with Crippen molar-refractivity contribution in [3.05, 3.63) is 42.5 Å². The first-order chi connectivity index (χ1) is 9.74. The topological polar surface area (TPSA) is 49.4 Å². The molecule has 0 bridgehead atoms. The highest BCUT2D eigenvalue weighted by molar-refractivity contribution is 5.94. The highest BCUT2D eigenvalue weighted by Crippen LogP contribution is 2.23. The second kappa shape index (κ2) is 7.07. The highest BCUT2D eigenvalue weighted by atomic mass is 16.2. The van der Waals surface area contributed by atoms with Gasteiger partial charge in [-0.15, -0.1) is 6.58 Å². The van der Waals surface area contributed by atoms with Gasteiger partial charge in [0.2, 0.25) is 11.8 Å². The van der Waals surface area contributed by atoms with E-state index < -0.39 is 0 Å². The lowest BCUT2D eigenvalue weighted by molar-refractivity contribution is -0.132. The molecule has 4 heteroatoms. The molecule has 0 unspecified atom stereocenters. The molecular formula is C17H24N2O2. The zero-order valence-electron chi connectivity index (χ0n) is 13.3. The van der Waals surface area contributed by atoms with E-state index in [1.807, 2.05) is 24.3 Å². The van der Waals surface area contributed by atoms with Crippen molar-refractivity contribution in [3.8, 4) is 0 Å². The minimum Gasteiger partial charge on any atom is -0.330 e. The molecule has 1 aromatic carbocycles. The fourth-order valence-corrected chi connectivity index (χ4v) is 1.89. The first kappa shape index (κ1) is 17.0. The average molecular weight is 288 g/mol. The molecule has 114 valence electrons. The van der Waals surface area contributed by atoms with Gasteiger partial charge in [-0.25, -0.2) is 0 Å². The molecule has 1 N–H and O–H groups in total. The van der Waals surface area contributed by atoms with Crippen LogP contribution in [-0.4, -0.2) is 29.8 Å². The van der Waals surface area contributed by atoms with Gasteiger partial charge in [0.15, 0.2) is 0 Å². The lowest BCUT2D eigenvalue weighted by Gasteiger charge is -2.20. The van der Waals surface area contributed by atoms with Crippen LogP contribution < -0.4 is 5.32 Å². The van der Waals surface area contributed by atoms with E-state index in [4.69, 9.17) is 0 Å².